The highest BCUT2D eigenvalue weighted by Gasteiger charge is 2.12. The maximum Gasteiger partial charge on any atom is 0.255 e. The van der Waals surface area contributed by atoms with Gasteiger partial charge in [0.25, 0.3) is 5.91 Å². The van der Waals surface area contributed by atoms with Gasteiger partial charge >= 0.3 is 0 Å². The number of carbonyl (C=O) groups excluding carboxylic acids is 1. The third kappa shape index (κ3) is 3.57. The van der Waals surface area contributed by atoms with Crippen LogP contribution in [-0.2, 0) is 0 Å². The molecule has 0 aliphatic carbocycles. The van der Waals surface area contributed by atoms with Crippen molar-refractivity contribution in [2.24, 2.45) is 0 Å². The molecule has 1 heterocycles. The Morgan fingerprint density at radius 1 is 1.12 bits per heavy atom. The molecule has 0 aliphatic heterocycles. The number of amides is 1. The molecule has 1 amide bonds. The van der Waals surface area contributed by atoms with Crippen molar-refractivity contribution >= 4 is 11.6 Å². The van der Waals surface area contributed by atoms with Crippen LogP contribution < -0.4 is 14.8 Å². The summed E-state index contributed by atoms with van der Waals surface area (Å²) < 4.78 is 25.8. The van der Waals surface area contributed by atoms with E-state index in [1.54, 1.807) is 24.3 Å². The molecule has 8 heteroatoms. The second-order valence-electron chi connectivity index (χ2n) is 5.06. The summed E-state index contributed by atoms with van der Waals surface area (Å²) in [6, 6.07) is 9.09. The number of hydrogen-bond acceptors (Lipinski definition) is 5. The zero-order valence-electron chi connectivity index (χ0n) is 13.6. The first-order valence-electron chi connectivity index (χ1n) is 7.29. The number of ether oxygens (including phenoxy) is 2. The van der Waals surface area contributed by atoms with Crippen molar-refractivity contribution in [3.05, 3.63) is 60.4 Å². The number of rotatable bonds is 5. The van der Waals surface area contributed by atoms with Gasteiger partial charge in [-0.2, -0.15) is 5.10 Å². The lowest BCUT2D eigenvalue weighted by Gasteiger charge is -2.10. The van der Waals surface area contributed by atoms with E-state index in [0.717, 1.165) is 0 Å². The minimum absolute atomic E-state index is 0.235. The number of methoxy groups -OCH3 is 2. The molecule has 7 nitrogen and oxygen atoms in total. The predicted molar refractivity (Wildman–Crippen MR) is 88.8 cm³/mol. The van der Waals surface area contributed by atoms with Crippen molar-refractivity contribution in [3.8, 4) is 17.2 Å². The third-order valence-electron chi connectivity index (χ3n) is 3.48. The van der Waals surface area contributed by atoms with Crippen LogP contribution >= 0.6 is 0 Å². The van der Waals surface area contributed by atoms with Gasteiger partial charge in [0.15, 0.2) is 5.82 Å². The summed E-state index contributed by atoms with van der Waals surface area (Å²) in [5.41, 5.74) is 0.878. The summed E-state index contributed by atoms with van der Waals surface area (Å²) in [5, 5.41) is 6.51. The molecule has 3 rings (SSSR count). The highest BCUT2D eigenvalue weighted by molar-refractivity contribution is 6.04. The molecular formula is C17H15FN4O3. The molecule has 0 atom stereocenters. The van der Waals surface area contributed by atoms with Crippen molar-refractivity contribution in [1.82, 2.24) is 14.8 Å². The van der Waals surface area contributed by atoms with Gasteiger partial charge in [0.1, 0.15) is 29.8 Å². The van der Waals surface area contributed by atoms with Crippen LogP contribution in [0.5, 0.6) is 11.5 Å². The number of hydrogen-bond donors (Lipinski definition) is 1. The molecule has 0 saturated carbocycles. The van der Waals surface area contributed by atoms with Crippen LogP contribution in [0.1, 0.15) is 10.4 Å². The molecular weight excluding hydrogens is 327 g/mol. The SMILES string of the molecule is COc1cc(OC)cc(C(=O)Nc2ccc(-n3cncn3)c(F)c2)c1. The summed E-state index contributed by atoms with van der Waals surface area (Å²) in [7, 11) is 2.99. The summed E-state index contributed by atoms with van der Waals surface area (Å²) in [6.07, 6.45) is 2.70. The minimum atomic E-state index is -0.536. The van der Waals surface area contributed by atoms with E-state index in [1.807, 2.05) is 0 Å². The standard InChI is InChI=1S/C17H15FN4O3/c1-24-13-5-11(6-14(8-13)25-2)17(23)21-12-3-4-16(15(18)7-12)22-10-19-9-20-22/h3-10H,1-2H3,(H,21,23). The number of anilines is 1. The van der Waals surface area contributed by atoms with E-state index in [0.29, 0.717) is 22.7 Å². The zero-order chi connectivity index (χ0) is 17.8. The molecule has 3 aromatic rings. The van der Waals surface area contributed by atoms with E-state index in [9.17, 15) is 9.18 Å². The summed E-state index contributed by atoms with van der Waals surface area (Å²) in [6.45, 7) is 0. The van der Waals surface area contributed by atoms with Crippen LogP contribution in [0.4, 0.5) is 10.1 Å². The third-order valence-corrected chi connectivity index (χ3v) is 3.48. The maximum atomic E-state index is 14.2. The van der Waals surface area contributed by atoms with E-state index in [-0.39, 0.29) is 5.69 Å². The van der Waals surface area contributed by atoms with Gasteiger partial charge in [0, 0.05) is 17.3 Å². The molecule has 0 bridgehead atoms. The van der Waals surface area contributed by atoms with Crippen molar-refractivity contribution in [3.63, 3.8) is 0 Å². The summed E-state index contributed by atoms with van der Waals surface area (Å²) >= 11 is 0. The molecule has 1 aromatic heterocycles. The molecule has 2 aromatic carbocycles. The van der Waals surface area contributed by atoms with Crippen molar-refractivity contribution in [2.75, 3.05) is 19.5 Å². The Morgan fingerprint density at radius 2 is 1.84 bits per heavy atom. The molecule has 0 saturated heterocycles. The molecule has 0 unspecified atom stereocenters. The van der Waals surface area contributed by atoms with Crippen molar-refractivity contribution < 1.29 is 18.7 Å². The number of halogens is 1. The second-order valence-corrected chi connectivity index (χ2v) is 5.06. The van der Waals surface area contributed by atoms with Crippen LogP contribution in [-0.4, -0.2) is 34.9 Å². The predicted octanol–water partition coefficient (Wildman–Crippen LogP) is 2.68. The number of carbonyl (C=O) groups is 1. The summed E-state index contributed by atoms with van der Waals surface area (Å²) in [5.74, 6) is 0.0195. The normalized spacial score (nSPS) is 10.4. The average molecular weight is 342 g/mol. The fraction of sp³-hybridized carbons (Fsp3) is 0.118. The Labute approximate surface area is 143 Å². The van der Waals surface area contributed by atoms with Crippen LogP contribution in [0, 0.1) is 5.82 Å². The fourth-order valence-electron chi connectivity index (χ4n) is 2.24. The molecule has 0 aliphatic rings. The smallest absolute Gasteiger partial charge is 0.255 e. The fourth-order valence-corrected chi connectivity index (χ4v) is 2.24. The Bertz CT molecular complexity index is 875. The van der Waals surface area contributed by atoms with E-state index < -0.39 is 11.7 Å². The Kier molecular flexibility index (Phi) is 4.60. The highest BCUT2D eigenvalue weighted by Crippen LogP contribution is 2.24. The van der Waals surface area contributed by atoms with Gasteiger partial charge in [0.2, 0.25) is 0 Å². The largest absolute Gasteiger partial charge is 0.497 e. The summed E-state index contributed by atoms with van der Waals surface area (Å²) in [4.78, 5) is 16.2. The van der Waals surface area contributed by atoms with Crippen LogP contribution in [0.3, 0.4) is 0 Å². The first kappa shape index (κ1) is 16.4. The molecule has 128 valence electrons. The molecule has 1 N–H and O–H groups in total. The second kappa shape index (κ2) is 7.00. The Balaban J connectivity index is 1.83. The van der Waals surface area contributed by atoms with Gasteiger partial charge in [-0.3, -0.25) is 4.79 Å². The monoisotopic (exact) mass is 342 g/mol. The van der Waals surface area contributed by atoms with E-state index >= 15 is 0 Å². The van der Waals surface area contributed by atoms with Gasteiger partial charge in [-0.25, -0.2) is 14.1 Å². The van der Waals surface area contributed by atoms with Crippen LogP contribution in [0.25, 0.3) is 5.69 Å². The number of nitrogens with zero attached hydrogens (tertiary/aromatic N) is 3. The lowest BCUT2D eigenvalue weighted by atomic mass is 10.1. The van der Waals surface area contributed by atoms with Crippen LogP contribution in [0.15, 0.2) is 49.1 Å². The maximum absolute atomic E-state index is 14.2. The molecule has 25 heavy (non-hydrogen) atoms. The molecule has 0 spiro atoms. The number of nitrogens with one attached hydrogen (secondary N) is 1. The van der Waals surface area contributed by atoms with Gasteiger partial charge < -0.3 is 14.8 Å². The van der Waals surface area contributed by atoms with Gasteiger partial charge in [-0.15, -0.1) is 0 Å². The lowest BCUT2D eigenvalue weighted by Crippen LogP contribution is -2.12. The quantitative estimate of drug-likeness (QED) is 0.771. The lowest BCUT2D eigenvalue weighted by molar-refractivity contribution is 0.102. The molecule has 0 fully saturated rings. The number of aromatic nitrogens is 3. The van der Waals surface area contributed by atoms with Gasteiger partial charge in [0.05, 0.1) is 14.2 Å². The Morgan fingerprint density at radius 3 is 2.40 bits per heavy atom. The first-order chi connectivity index (χ1) is 12.1. The average Bonchev–Trinajstić information content (AvgIpc) is 3.15. The highest BCUT2D eigenvalue weighted by atomic mass is 19.1. The topological polar surface area (TPSA) is 78.3 Å². The molecule has 0 radical (unpaired) electrons. The van der Waals surface area contributed by atoms with Crippen molar-refractivity contribution in [1.29, 1.82) is 0 Å². The van der Waals surface area contributed by atoms with E-state index in [2.05, 4.69) is 15.4 Å². The van der Waals surface area contributed by atoms with E-state index in [4.69, 9.17) is 9.47 Å². The minimum Gasteiger partial charge on any atom is -0.497 e. The Hall–Kier alpha value is -3.42. The van der Waals surface area contributed by atoms with Gasteiger partial charge in [-0.1, -0.05) is 0 Å². The first-order valence-corrected chi connectivity index (χ1v) is 7.29. The van der Waals surface area contributed by atoms with Gasteiger partial charge in [-0.05, 0) is 30.3 Å². The number of benzene rings is 2. The van der Waals surface area contributed by atoms with E-state index in [1.165, 1.54) is 43.7 Å². The zero-order valence-corrected chi connectivity index (χ0v) is 13.6. The van der Waals surface area contributed by atoms with Crippen molar-refractivity contribution in [2.45, 2.75) is 0 Å². The van der Waals surface area contributed by atoms with Crippen LogP contribution in [0.2, 0.25) is 0 Å².